The van der Waals surface area contributed by atoms with Gasteiger partial charge in [-0.2, -0.15) is 0 Å². The third-order valence-electron chi connectivity index (χ3n) is 2.64. The molecule has 2 N–H and O–H groups in total. The summed E-state index contributed by atoms with van der Waals surface area (Å²) < 4.78 is 5.27. The molecule has 0 bridgehead atoms. The van der Waals surface area contributed by atoms with Crippen molar-refractivity contribution < 1.29 is 14.6 Å². The summed E-state index contributed by atoms with van der Waals surface area (Å²) in [6.45, 7) is 3.88. The zero-order valence-corrected chi connectivity index (χ0v) is 9.57. The van der Waals surface area contributed by atoms with Gasteiger partial charge in [0.15, 0.2) is 0 Å². The van der Waals surface area contributed by atoms with E-state index < -0.39 is 5.97 Å². The number of hydrogen-bond donors (Lipinski definition) is 2. The average Bonchev–Trinajstić information content (AvgIpc) is 2.25. The molecular weight excluding hydrogens is 208 g/mol. The molecule has 0 unspecified atom stereocenters. The summed E-state index contributed by atoms with van der Waals surface area (Å²) >= 11 is 0. The Balaban J connectivity index is 1.98. The maximum Gasteiger partial charge on any atom is 0.309 e. The third-order valence-corrected chi connectivity index (χ3v) is 2.64. The van der Waals surface area contributed by atoms with Crippen LogP contribution >= 0.6 is 0 Å². The van der Waals surface area contributed by atoms with Gasteiger partial charge in [-0.05, 0) is 25.9 Å². The van der Waals surface area contributed by atoms with E-state index in [1.54, 1.807) is 0 Å². The zero-order chi connectivity index (χ0) is 11.8. The lowest BCUT2D eigenvalue weighted by Crippen LogP contribution is -2.33. The highest BCUT2D eigenvalue weighted by Crippen LogP contribution is 2.07. The summed E-state index contributed by atoms with van der Waals surface area (Å²) in [4.78, 5) is 12.6. The average molecular weight is 228 g/mol. The summed E-state index contributed by atoms with van der Waals surface area (Å²) in [5, 5.41) is 15.8. The van der Waals surface area contributed by atoms with Gasteiger partial charge in [0.25, 0.3) is 0 Å². The van der Waals surface area contributed by atoms with Crippen molar-refractivity contribution in [2.24, 2.45) is 0 Å². The Hall–Kier alpha value is -0.940. The van der Waals surface area contributed by atoms with E-state index in [2.05, 4.69) is 4.90 Å². The maximum absolute atomic E-state index is 10.3. The Morgan fingerprint density at radius 2 is 2.00 bits per heavy atom. The van der Waals surface area contributed by atoms with Gasteiger partial charge in [-0.1, -0.05) is 6.42 Å². The lowest BCUT2D eigenvalue weighted by molar-refractivity contribution is -0.135. The monoisotopic (exact) mass is 228 g/mol. The van der Waals surface area contributed by atoms with Crippen molar-refractivity contribution in [2.75, 3.05) is 32.8 Å². The number of rotatable bonds is 7. The van der Waals surface area contributed by atoms with E-state index in [-0.39, 0.29) is 18.7 Å². The summed E-state index contributed by atoms with van der Waals surface area (Å²) in [6, 6.07) is 0. The standard InChI is InChI=1S/C11H20N2O3/c12-10(8-11(14)15)9-16-7-6-13-4-2-1-3-5-13/h12H,1-9H2,(H,14,15). The third kappa shape index (κ3) is 5.82. The Morgan fingerprint density at radius 1 is 1.31 bits per heavy atom. The molecule has 0 aromatic heterocycles. The van der Waals surface area contributed by atoms with Crippen LogP contribution in [0.15, 0.2) is 0 Å². The van der Waals surface area contributed by atoms with Crippen LogP contribution < -0.4 is 0 Å². The maximum atomic E-state index is 10.3. The number of ether oxygens (including phenoxy) is 1. The van der Waals surface area contributed by atoms with Gasteiger partial charge < -0.3 is 20.2 Å². The molecule has 16 heavy (non-hydrogen) atoms. The van der Waals surface area contributed by atoms with E-state index >= 15 is 0 Å². The lowest BCUT2D eigenvalue weighted by Gasteiger charge is -2.26. The van der Waals surface area contributed by atoms with Crippen LogP contribution in [0.25, 0.3) is 0 Å². The largest absolute Gasteiger partial charge is 0.481 e. The second-order valence-corrected chi connectivity index (χ2v) is 4.13. The number of piperidine rings is 1. The lowest BCUT2D eigenvalue weighted by atomic mass is 10.1. The van der Waals surface area contributed by atoms with Gasteiger partial charge in [0.1, 0.15) is 0 Å². The van der Waals surface area contributed by atoms with Crippen LogP contribution in [0, 0.1) is 5.41 Å². The number of hydrogen-bond acceptors (Lipinski definition) is 4. The Kier molecular flexibility index (Phi) is 6.03. The quantitative estimate of drug-likeness (QED) is 0.503. The first kappa shape index (κ1) is 13.1. The topological polar surface area (TPSA) is 73.6 Å². The molecule has 0 aromatic carbocycles. The van der Waals surface area contributed by atoms with Gasteiger partial charge in [-0.25, -0.2) is 0 Å². The molecule has 0 amide bonds. The fourth-order valence-corrected chi connectivity index (χ4v) is 1.81. The van der Waals surface area contributed by atoms with Crippen molar-refractivity contribution in [2.45, 2.75) is 25.7 Å². The predicted molar refractivity (Wildman–Crippen MR) is 61.1 cm³/mol. The van der Waals surface area contributed by atoms with Crippen molar-refractivity contribution in [3.8, 4) is 0 Å². The smallest absolute Gasteiger partial charge is 0.309 e. The minimum absolute atomic E-state index is 0.131. The molecule has 0 atom stereocenters. The molecule has 0 aliphatic carbocycles. The van der Waals surface area contributed by atoms with E-state index in [9.17, 15) is 4.79 Å². The van der Waals surface area contributed by atoms with E-state index in [0.29, 0.717) is 6.61 Å². The van der Waals surface area contributed by atoms with Crippen LogP contribution in [0.4, 0.5) is 0 Å². The first-order valence-corrected chi connectivity index (χ1v) is 5.76. The molecule has 1 saturated heterocycles. The summed E-state index contributed by atoms with van der Waals surface area (Å²) in [5.41, 5.74) is 0.131. The first-order chi connectivity index (χ1) is 7.68. The minimum atomic E-state index is -0.968. The molecule has 92 valence electrons. The zero-order valence-electron chi connectivity index (χ0n) is 9.57. The molecule has 0 saturated carbocycles. The number of nitrogens with one attached hydrogen (secondary N) is 1. The molecule has 0 spiro atoms. The number of carboxylic acid groups (broad SMARTS) is 1. The molecule has 1 rings (SSSR count). The fourth-order valence-electron chi connectivity index (χ4n) is 1.81. The molecule has 5 heteroatoms. The number of likely N-dealkylation sites (tertiary alicyclic amines) is 1. The van der Waals surface area contributed by atoms with Crippen LogP contribution in [0.2, 0.25) is 0 Å². The number of aliphatic carboxylic acids is 1. The molecule has 1 fully saturated rings. The van der Waals surface area contributed by atoms with Gasteiger partial charge in [-0.15, -0.1) is 0 Å². The SMILES string of the molecule is N=C(COCCN1CCCCC1)CC(=O)O. The van der Waals surface area contributed by atoms with Crippen molar-refractivity contribution in [1.82, 2.24) is 4.90 Å². The highest BCUT2D eigenvalue weighted by molar-refractivity contribution is 5.97. The first-order valence-electron chi connectivity index (χ1n) is 5.76. The van der Waals surface area contributed by atoms with E-state index in [0.717, 1.165) is 19.6 Å². The van der Waals surface area contributed by atoms with Gasteiger partial charge in [-0.3, -0.25) is 4.79 Å². The fraction of sp³-hybridized carbons (Fsp3) is 0.818. The molecule has 5 nitrogen and oxygen atoms in total. The Bertz CT molecular complexity index is 237. The van der Waals surface area contributed by atoms with Gasteiger partial charge in [0.2, 0.25) is 0 Å². The summed E-state index contributed by atoms with van der Waals surface area (Å²) in [5.74, 6) is -0.968. The summed E-state index contributed by atoms with van der Waals surface area (Å²) in [7, 11) is 0. The molecule has 1 aliphatic heterocycles. The molecule has 1 aliphatic rings. The summed E-state index contributed by atoms with van der Waals surface area (Å²) in [6.07, 6.45) is 3.62. The number of nitrogens with zero attached hydrogens (tertiary/aromatic N) is 1. The van der Waals surface area contributed by atoms with Crippen molar-refractivity contribution in [3.63, 3.8) is 0 Å². The predicted octanol–water partition coefficient (Wildman–Crippen LogP) is 0.983. The van der Waals surface area contributed by atoms with Crippen LogP contribution in [-0.2, 0) is 9.53 Å². The van der Waals surface area contributed by atoms with Crippen LogP contribution in [0.1, 0.15) is 25.7 Å². The molecule has 0 aromatic rings. The van der Waals surface area contributed by atoms with Crippen molar-refractivity contribution in [1.29, 1.82) is 5.41 Å². The van der Waals surface area contributed by atoms with Gasteiger partial charge in [0.05, 0.1) is 19.6 Å². The van der Waals surface area contributed by atoms with E-state index in [4.69, 9.17) is 15.3 Å². The molecule has 1 heterocycles. The second kappa shape index (κ2) is 7.35. The number of carboxylic acids is 1. The molecular formula is C11H20N2O3. The normalized spacial score (nSPS) is 17.2. The highest BCUT2D eigenvalue weighted by Gasteiger charge is 2.09. The van der Waals surface area contributed by atoms with Gasteiger partial charge in [0, 0.05) is 12.3 Å². The van der Waals surface area contributed by atoms with Crippen molar-refractivity contribution >= 4 is 11.7 Å². The van der Waals surface area contributed by atoms with Crippen molar-refractivity contribution in [3.05, 3.63) is 0 Å². The second-order valence-electron chi connectivity index (χ2n) is 4.13. The van der Waals surface area contributed by atoms with Crippen LogP contribution in [0.5, 0.6) is 0 Å². The highest BCUT2D eigenvalue weighted by atomic mass is 16.5. The van der Waals surface area contributed by atoms with E-state index in [1.807, 2.05) is 0 Å². The Morgan fingerprint density at radius 3 is 2.62 bits per heavy atom. The Labute approximate surface area is 95.9 Å². The molecule has 0 radical (unpaired) electrons. The number of carbonyl (C=O) groups is 1. The van der Waals surface area contributed by atoms with Crippen LogP contribution in [-0.4, -0.2) is 54.5 Å². The van der Waals surface area contributed by atoms with Gasteiger partial charge >= 0.3 is 5.97 Å². The van der Waals surface area contributed by atoms with E-state index in [1.165, 1.54) is 19.3 Å². The minimum Gasteiger partial charge on any atom is -0.481 e. The van der Waals surface area contributed by atoms with Crippen LogP contribution in [0.3, 0.4) is 0 Å².